The molecule has 0 bridgehead atoms. The first-order valence-corrected chi connectivity index (χ1v) is 6.55. The molecule has 1 aromatic rings. The van der Waals surface area contributed by atoms with Crippen molar-refractivity contribution < 1.29 is 9.47 Å². The van der Waals surface area contributed by atoms with E-state index in [1.807, 2.05) is 25.9 Å². The Balaban J connectivity index is 2.69. The molecule has 0 aliphatic rings. The summed E-state index contributed by atoms with van der Waals surface area (Å²) in [5, 5.41) is 3.13. The fourth-order valence-electron chi connectivity index (χ4n) is 1.26. The van der Waals surface area contributed by atoms with Gasteiger partial charge in [0.2, 0.25) is 11.9 Å². The monoisotopic (exact) mass is 269 g/mol. The van der Waals surface area contributed by atoms with Crippen molar-refractivity contribution in [2.45, 2.75) is 20.3 Å². The summed E-state index contributed by atoms with van der Waals surface area (Å²) in [6.45, 7) is 6.47. The maximum Gasteiger partial charge on any atom is 0.323 e. The standard InChI is InChI=1S/C12H23N5O2/c1-5-7-13-10-14-11(17(3)4)16-12(15-10)19-9-8-18-6-2/h5-9H2,1-4H3,(H,13,14,15,16). The zero-order valence-corrected chi connectivity index (χ0v) is 12.1. The molecule has 0 amide bonds. The normalized spacial score (nSPS) is 10.3. The Hall–Kier alpha value is -1.63. The van der Waals surface area contributed by atoms with Crippen LogP contribution in [0.25, 0.3) is 0 Å². The van der Waals surface area contributed by atoms with Gasteiger partial charge in [0.15, 0.2) is 0 Å². The number of anilines is 2. The number of nitrogens with one attached hydrogen (secondary N) is 1. The highest BCUT2D eigenvalue weighted by Gasteiger charge is 2.08. The first-order chi connectivity index (χ1) is 9.17. The molecule has 0 unspecified atom stereocenters. The maximum atomic E-state index is 5.47. The van der Waals surface area contributed by atoms with Crippen molar-refractivity contribution in [2.24, 2.45) is 0 Å². The molecule has 0 spiro atoms. The Labute approximate surface area is 114 Å². The molecule has 1 aromatic heterocycles. The van der Waals surface area contributed by atoms with Crippen molar-refractivity contribution in [3.05, 3.63) is 0 Å². The Bertz CT molecular complexity index is 373. The van der Waals surface area contributed by atoms with E-state index in [0.717, 1.165) is 13.0 Å². The van der Waals surface area contributed by atoms with Crippen LogP contribution in [0.5, 0.6) is 6.01 Å². The van der Waals surface area contributed by atoms with Crippen LogP contribution in [0.3, 0.4) is 0 Å². The molecule has 7 nitrogen and oxygen atoms in total. The number of aromatic nitrogens is 3. The lowest BCUT2D eigenvalue weighted by molar-refractivity contribution is 0.106. The van der Waals surface area contributed by atoms with Crippen LogP contribution in [-0.4, -0.2) is 55.4 Å². The van der Waals surface area contributed by atoms with Crippen LogP contribution >= 0.6 is 0 Å². The molecule has 0 atom stereocenters. The summed E-state index contributed by atoms with van der Waals surface area (Å²) in [6, 6.07) is 0.317. The molecule has 0 aliphatic heterocycles. The molecule has 0 aliphatic carbocycles. The van der Waals surface area contributed by atoms with Gasteiger partial charge >= 0.3 is 6.01 Å². The van der Waals surface area contributed by atoms with E-state index in [2.05, 4.69) is 27.2 Å². The average Bonchev–Trinajstić information content (AvgIpc) is 2.41. The van der Waals surface area contributed by atoms with E-state index < -0.39 is 0 Å². The molecule has 0 radical (unpaired) electrons. The van der Waals surface area contributed by atoms with Gasteiger partial charge in [-0.1, -0.05) is 6.92 Å². The molecule has 108 valence electrons. The topological polar surface area (TPSA) is 72.4 Å². The Kier molecular flexibility index (Phi) is 6.88. The number of hydrogen-bond acceptors (Lipinski definition) is 7. The lowest BCUT2D eigenvalue weighted by atomic mass is 10.5. The maximum absolute atomic E-state index is 5.47. The van der Waals surface area contributed by atoms with Gasteiger partial charge in [0.1, 0.15) is 6.61 Å². The molecular formula is C12H23N5O2. The van der Waals surface area contributed by atoms with Gasteiger partial charge in [-0.2, -0.15) is 15.0 Å². The van der Waals surface area contributed by atoms with E-state index in [0.29, 0.717) is 37.7 Å². The fourth-order valence-corrected chi connectivity index (χ4v) is 1.26. The Morgan fingerprint density at radius 2 is 1.89 bits per heavy atom. The molecule has 0 saturated heterocycles. The van der Waals surface area contributed by atoms with Crippen molar-refractivity contribution in [1.29, 1.82) is 0 Å². The summed E-state index contributed by atoms with van der Waals surface area (Å²) in [5.41, 5.74) is 0. The van der Waals surface area contributed by atoms with Crippen LogP contribution in [0, 0.1) is 0 Å². The van der Waals surface area contributed by atoms with E-state index in [1.165, 1.54) is 0 Å². The second-order valence-corrected chi connectivity index (χ2v) is 4.11. The van der Waals surface area contributed by atoms with E-state index in [1.54, 1.807) is 0 Å². The zero-order valence-electron chi connectivity index (χ0n) is 12.1. The smallest absolute Gasteiger partial charge is 0.323 e. The van der Waals surface area contributed by atoms with Crippen LogP contribution in [0.2, 0.25) is 0 Å². The van der Waals surface area contributed by atoms with Gasteiger partial charge in [-0.25, -0.2) is 0 Å². The molecule has 0 fully saturated rings. The van der Waals surface area contributed by atoms with Crippen LogP contribution in [0.4, 0.5) is 11.9 Å². The lowest BCUT2D eigenvalue weighted by Gasteiger charge is -2.13. The summed E-state index contributed by atoms with van der Waals surface area (Å²) in [5.74, 6) is 1.10. The first-order valence-electron chi connectivity index (χ1n) is 6.55. The van der Waals surface area contributed by atoms with E-state index in [-0.39, 0.29) is 0 Å². The van der Waals surface area contributed by atoms with Crippen LogP contribution in [0.1, 0.15) is 20.3 Å². The van der Waals surface area contributed by atoms with Crippen molar-refractivity contribution in [1.82, 2.24) is 15.0 Å². The molecule has 1 heterocycles. The quantitative estimate of drug-likeness (QED) is 0.675. The fraction of sp³-hybridized carbons (Fsp3) is 0.750. The summed E-state index contributed by atoms with van der Waals surface area (Å²) in [4.78, 5) is 14.5. The van der Waals surface area contributed by atoms with Crippen molar-refractivity contribution in [3.8, 4) is 6.01 Å². The lowest BCUT2D eigenvalue weighted by Crippen LogP contribution is -2.17. The highest BCUT2D eigenvalue weighted by molar-refractivity contribution is 5.36. The molecule has 1 rings (SSSR count). The predicted molar refractivity (Wildman–Crippen MR) is 74.9 cm³/mol. The van der Waals surface area contributed by atoms with Gasteiger partial charge in [0.25, 0.3) is 0 Å². The minimum absolute atomic E-state index is 0.317. The van der Waals surface area contributed by atoms with Gasteiger partial charge in [-0.05, 0) is 13.3 Å². The van der Waals surface area contributed by atoms with Gasteiger partial charge < -0.3 is 19.7 Å². The highest BCUT2D eigenvalue weighted by atomic mass is 16.5. The molecule has 0 saturated carbocycles. The van der Waals surface area contributed by atoms with Crippen LogP contribution < -0.4 is 15.0 Å². The zero-order chi connectivity index (χ0) is 14.1. The van der Waals surface area contributed by atoms with E-state index in [4.69, 9.17) is 9.47 Å². The van der Waals surface area contributed by atoms with Crippen LogP contribution in [-0.2, 0) is 4.74 Å². The second-order valence-electron chi connectivity index (χ2n) is 4.11. The predicted octanol–water partition coefficient (Wildman–Crippen LogP) is 1.17. The Morgan fingerprint density at radius 3 is 2.53 bits per heavy atom. The van der Waals surface area contributed by atoms with Crippen molar-refractivity contribution in [3.63, 3.8) is 0 Å². The SMILES string of the molecule is CCCNc1nc(OCCOCC)nc(N(C)C)n1. The van der Waals surface area contributed by atoms with Gasteiger partial charge in [-0.15, -0.1) is 0 Å². The largest absolute Gasteiger partial charge is 0.461 e. The second kappa shape index (κ2) is 8.47. The Morgan fingerprint density at radius 1 is 1.11 bits per heavy atom. The van der Waals surface area contributed by atoms with E-state index >= 15 is 0 Å². The van der Waals surface area contributed by atoms with Gasteiger partial charge in [-0.3, -0.25) is 0 Å². The third-order valence-electron chi connectivity index (χ3n) is 2.20. The van der Waals surface area contributed by atoms with Crippen molar-refractivity contribution in [2.75, 3.05) is 50.7 Å². The average molecular weight is 269 g/mol. The summed E-state index contributed by atoms with van der Waals surface area (Å²) in [7, 11) is 3.76. The van der Waals surface area contributed by atoms with E-state index in [9.17, 15) is 0 Å². The third kappa shape index (κ3) is 5.69. The molecule has 0 aromatic carbocycles. The summed E-state index contributed by atoms with van der Waals surface area (Å²) in [6.07, 6.45) is 1.00. The molecule has 7 heteroatoms. The summed E-state index contributed by atoms with van der Waals surface area (Å²) < 4.78 is 10.7. The number of hydrogen-bond donors (Lipinski definition) is 1. The number of nitrogens with zero attached hydrogens (tertiary/aromatic N) is 4. The minimum atomic E-state index is 0.317. The molecular weight excluding hydrogens is 246 g/mol. The first kappa shape index (κ1) is 15.4. The molecule has 1 N–H and O–H groups in total. The highest BCUT2D eigenvalue weighted by Crippen LogP contribution is 2.13. The van der Waals surface area contributed by atoms with Crippen LogP contribution in [0.15, 0.2) is 0 Å². The minimum Gasteiger partial charge on any atom is -0.461 e. The number of rotatable bonds is 9. The third-order valence-corrected chi connectivity index (χ3v) is 2.20. The molecule has 19 heavy (non-hydrogen) atoms. The van der Waals surface area contributed by atoms with Gasteiger partial charge in [0, 0.05) is 27.2 Å². The summed E-state index contributed by atoms with van der Waals surface area (Å²) >= 11 is 0. The number of ether oxygens (including phenoxy) is 2. The van der Waals surface area contributed by atoms with Gasteiger partial charge in [0.05, 0.1) is 6.61 Å². The van der Waals surface area contributed by atoms with Crippen molar-refractivity contribution >= 4 is 11.9 Å².